The number of nitrogens with one attached hydrogen (secondary N) is 1. The molecule has 1 aliphatic carbocycles. The molecule has 4 heteroatoms. The number of nitrogens with zero attached hydrogens (tertiary/aromatic N) is 3. The van der Waals surface area contributed by atoms with E-state index in [4.69, 9.17) is 0 Å². The maximum absolute atomic E-state index is 4.39. The maximum atomic E-state index is 4.39. The second-order valence-electron chi connectivity index (χ2n) is 5.96. The second-order valence-corrected chi connectivity index (χ2v) is 5.96. The van der Waals surface area contributed by atoms with Crippen molar-refractivity contribution in [3.05, 3.63) is 18.2 Å². The van der Waals surface area contributed by atoms with E-state index in [1.807, 2.05) is 12.4 Å². The third kappa shape index (κ3) is 4.32. The molecule has 19 heavy (non-hydrogen) atoms. The van der Waals surface area contributed by atoms with Gasteiger partial charge < -0.3 is 9.88 Å². The molecule has 1 N–H and O–H groups in total. The number of hydrogen-bond donors (Lipinski definition) is 1. The van der Waals surface area contributed by atoms with Gasteiger partial charge in [0.05, 0.1) is 6.54 Å². The lowest BCUT2D eigenvalue weighted by atomic mass is 9.95. The topological polar surface area (TPSA) is 33.1 Å². The summed E-state index contributed by atoms with van der Waals surface area (Å²) in [6.45, 7) is 4.28. The Kier molecular flexibility index (Phi) is 5.40. The molecule has 1 unspecified atom stereocenters. The molecular weight excluding hydrogens is 236 g/mol. The Morgan fingerprint density at radius 2 is 2.16 bits per heavy atom. The Hall–Kier alpha value is -0.870. The van der Waals surface area contributed by atoms with E-state index in [9.17, 15) is 0 Å². The van der Waals surface area contributed by atoms with Crippen molar-refractivity contribution in [2.45, 2.75) is 57.7 Å². The zero-order valence-corrected chi connectivity index (χ0v) is 12.6. The van der Waals surface area contributed by atoms with Crippen LogP contribution in [-0.4, -0.2) is 40.1 Å². The summed E-state index contributed by atoms with van der Waals surface area (Å²) in [5.74, 6) is 1.13. The Bertz CT molecular complexity index is 368. The highest BCUT2D eigenvalue weighted by molar-refractivity contribution is 4.91. The highest BCUT2D eigenvalue weighted by atomic mass is 15.2. The molecule has 1 heterocycles. The van der Waals surface area contributed by atoms with Gasteiger partial charge in [-0.2, -0.15) is 0 Å². The van der Waals surface area contributed by atoms with Gasteiger partial charge >= 0.3 is 0 Å². The van der Waals surface area contributed by atoms with Gasteiger partial charge in [0, 0.05) is 38.1 Å². The van der Waals surface area contributed by atoms with Crippen LogP contribution >= 0.6 is 0 Å². The summed E-state index contributed by atoms with van der Waals surface area (Å²) in [5.41, 5.74) is 0. The fourth-order valence-electron chi connectivity index (χ4n) is 2.73. The summed E-state index contributed by atoms with van der Waals surface area (Å²) in [6, 6.07) is 1.29. The fourth-order valence-corrected chi connectivity index (χ4v) is 2.73. The van der Waals surface area contributed by atoms with Crippen LogP contribution in [0.4, 0.5) is 0 Å². The minimum absolute atomic E-state index is 0.540. The van der Waals surface area contributed by atoms with Crippen molar-refractivity contribution in [1.82, 2.24) is 19.8 Å². The van der Waals surface area contributed by atoms with Crippen LogP contribution in [0.25, 0.3) is 0 Å². The number of likely N-dealkylation sites (N-methyl/N-ethyl adjacent to an activating group) is 1. The van der Waals surface area contributed by atoms with E-state index in [0.29, 0.717) is 6.04 Å². The molecule has 1 aromatic heterocycles. The van der Waals surface area contributed by atoms with E-state index in [1.54, 1.807) is 0 Å². The molecule has 4 nitrogen and oxygen atoms in total. The molecule has 0 aromatic carbocycles. The van der Waals surface area contributed by atoms with E-state index in [1.165, 1.54) is 32.1 Å². The van der Waals surface area contributed by atoms with Gasteiger partial charge in [-0.1, -0.05) is 19.3 Å². The predicted octanol–water partition coefficient (Wildman–Crippen LogP) is 2.16. The molecule has 1 atom stereocenters. The van der Waals surface area contributed by atoms with E-state index in [2.05, 4.69) is 40.8 Å². The minimum atomic E-state index is 0.540. The molecular formula is C15H28N4. The molecule has 108 valence electrons. The van der Waals surface area contributed by atoms with Crippen LogP contribution in [0, 0.1) is 0 Å². The van der Waals surface area contributed by atoms with Crippen LogP contribution in [0.5, 0.6) is 0 Å². The van der Waals surface area contributed by atoms with Crippen LogP contribution < -0.4 is 5.32 Å². The quantitative estimate of drug-likeness (QED) is 0.855. The molecule has 0 saturated heterocycles. The van der Waals surface area contributed by atoms with Crippen molar-refractivity contribution in [3.63, 3.8) is 0 Å². The average Bonchev–Trinajstić information content (AvgIpc) is 2.82. The smallest absolute Gasteiger partial charge is 0.122 e. The minimum Gasteiger partial charge on any atom is -0.337 e. The van der Waals surface area contributed by atoms with Crippen LogP contribution in [0.3, 0.4) is 0 Å². The number of imidazole rings is 1. The molecule has 0 amide bonds. The van der Waals surface area contributed by atoms with Crippen molar-refractivity contribution in [1.29, 1.82) is 0 Å². The first kappa shape index (κ1) is 14.5. The second kappa shape index (κ2) is 7.06. The molecule has 2 rings (SSSR count). The van der Waals surface area contributed by atoms with Gasteiger partial charge in [-0.05, 0) is 26.8 Å². The first-order valence-corrected chi connectivity index (χ1v) is 7.56. The van der Waals surface area contributed by atoms with Crippen LogP contribution in [0.15, 0.2) is 12.4 Å². The zero-order chi connectivity index (χ0) is 13.7. The third-order valence-electron chi connectivity index (χ3n) is 4.37. The standard InChI is InChI=1S/C15H28N4/c1-13(11-17-14-7-5-4-6-8-14)19(3)12-15-16-9-10-18(15)2/h9-10,13-14,17H,4-8,11-12H2,1-3H3. The summed E-state index contributed by atoms with van der Waals surface area (Å²) in [7, 11) is 4.24. The van der Waals surface area contributed by atoms with E-state index in [-0.39, 0.29) is 0 Å². The van der Waals surface area contributed by atoms with E-state index in [0.717, 1.165) is 25.0 Å². The summed E-state index contributed by atoms with van der Waals surface area (Å²) < 4.78 is 2.10. The van der Waals surface area contributed by atoms with E-state index < -0.39 is 0 Å². The van der Waals surface area contributed by atoms with Crippen molar-refractivity contribution in [2.24, 2.45) is 7.05 Å². The van der Waals surface area contributed by atoms with Crippen LogP contribution in [0.2, 0.25) is 0 Å². The summed E-state index contributed by atoms with van der Waals surface area (Å²) >= 11 is 0. The van der Waals surface area contributed by atoms with Crippen molar-refractivity contribution < 1.29 is 0 Å². The molecule has 0 spiro atoms. The normalized spacial score (nSPS) is 18.9. The first-order valence-electron chi connectivity index (χ1n) is 7.56. The third-order valence-corrected chi connectivity index (χ3v) is 4.37. The lowest BCUT2D eigenvalue weighted by molar-refractivity contribution is 0.223. The molecule has 0 bridgehead atoms. The lowest BCUT2D eigenvalue weighted by Crippen LogP contribution is -2.42. The zero-order valence-electron chi connectivity index (χ0n) is 12.6. The monoisotopic (exact) mass is 264 g/mol. The highest BCUT2D eigenvalue weighted by Crippen LogP contribution is 2.17. The van der Waals surface area contributed by atoms with Crippen molar-refractivity contribution in [3.8, 4) is 0 Å². The van der Waals surface area contributed by atoms with Crippen LogP contribution in [-0.2, 0) is 13.6 Å². The average molecular weight is 264 g/mol. The Morgan fingerprint density at radius 3 is 2.79 bits per heavy atom. The Morgan fingerprint density at radius 1 is 1.42 bits per heavy atom. The molecule has 0 aliphatic heterocycles. The Labute approximate surface area is 117 Å². The van der Waals surface area contributed by atoms with Crippen molar-refractivity contribution in [2.75, 3.05) is 13.6 Å². The van der Waals surface area contributed by atoms with Crippen molar-refractivity contribution >= 4 is 0 Å². The highest BCUT2D eigenvalue weighted by Gasteiger charge is 2.16. The van der Waals surface area contributed by atoms with E-state index >= 15 is 0 Å². The fraction of sp³-hybridized carbons (Fsp3) is 0.800. The number of rotatable bonds is 6. The SMILES string of the molecule is CC(CNC1CCCCC1)N(C)Cc1nccn1C. The van der Waals surface area contributed by atoms with Gasteiger partial charge in [-0.25, -0.2) is 4.98 Å². The predicted molar refractivity (Wildman–Crippen MR) is 79.0 cm³/mol. The van der Waals surface area contributed by atoms with Crippen LogP contribution in [0.1, 0.15) is 44.9 Å². The first-order chi connectivity index (χ1) is 9.16. The largest absolute Gasteiger partial charge is 0.337 e. The van der Waals surface area contributed by atoms with Gasteiger partial charge in [0.25, 0.3) is 0 Å². The molecule has 1 saturated carbocycles. The molecule has 1 fully saturated rings. The molecule has 1 aromatic rings. The summed E-state index contributed by atoms with van der Waals surface area (Å²) in [6.07, 6.45) is 10.8. The van der Waals surface area contributed by atoms with Gasteiger partial charge in [-0.3, -0.25) is 4.90 Å². The number of aryl methyl sites for hydroxylation is 1. The Balaban J connectivity index is 1.72. The van der Waals surface area contributed by atoms with Gasteiger partial charge in [0.15, 0.2) is 0 Å². The van der Waals surface area contributed by atoms with Gasteiger partial charge in [0.2, 0.25) is 0 Å². The number of hydrogen-bond acceptors (Lipinski definition) is 3. The maximum Gasteiger partial charge on any atom is 0.122 e. The van der Waals surface area contributed by atoms with Gasteiger partial charge in [-0.15, -0.1) is 0 Å². The summed E-state index contributed by atoms with van der Waals surface area (Å²) in [5, 5.41) is 3.73. The molecule has 0 radical (unpaired) electrons. The molecule has 1 aliphatic rings. The lowest BCUT2D eigenvalue weighted by Gasteiger charge is -2.29. The number of aromatic nitrogens is 2. The van der Waals surface area contributed by atoms with Gasteiger partial charge in [0.1, 0.15) is 5.82 Å². The summed E-state index contributed by atoms with van der Waals surface area (Å²) in [4.78, 5) is 6.76.